The molecule has 0 radical (unpaired) electrons. The molecule has 1 saturated heterocycles. The van der Waals surface area contributed by atoms with Gasteiger partial charge in [-0.25, -0.2) is 9.98 Å². The van der Waals surface area contributed by atoms with Crippen LogP contribution in [0.4, 0.5) is 5.82 Å². The maximum absolute atomic E-state index is 12.8. The minimum Gasteiger partial charge on any atom is -0.488 e. The Balaban J connectivity index is 1.55. The molecule has 1 amide bonds. The molecule has 1 aliphatic heterocycles. The molecule has 0 unspecified atom stereocenters. The Morgan fingerprint density at radius 3 is 2.65 bits per heavy atom. The van der Waals surface area contributed by atoms with Gasteiger partial charge in [-0.2, -0.15) is 0 Å². The van der Waals surface area contributed by atoms with Gasteiger partial charge in [0, 0.05) is 23.3 Å². The zero-order valence-electron chi connectivity index (χ0n) is 17.1. The number of carbonyl (C=O) groups excluding carboxylic acids is 1. The molecule has 5 nitrogen and oxygen atoms in total. The number of hydrogen-bond donors (Lipinski definition) is 0. The van der Waals surface area contributed by atoms with E-state index in [-0.39, 0.29) is 5.91 Å². The monoisotopic (exact) mass is 449 g/mol. The van der Waals surface area contributed by atoms with E-state index in [1.54, 1.807) is 7.05 Å². The molecule has 156 valence electrons. The summed E-state index contributed by atoms with van der Waals surface area (Å²) >= 11 is 7.27. The van der Waals surface area contributed by atoms with Gasteiger partial charge in [0.1, 0.15) is 12.4 Å². The van der Waals surface area contributed by atoms with Crippen LogP contribution in [0.3, 0.4) is 0 Å². The molecule has 0 saturated carbocycles. The van der Waals surface area contributed by atoms with E-state index in [1.807, 2.05) is 79.7 Å². The molecule has 2 heterocycles. The highest BCUT2D eigenvalue weighted by Crippen LogP contribution is 2.34. The fourth-order valence-electron chi connectivity index (χ4n) is 2.95. The number of para-hydroxylation sites is 1. The number of aromatic nitrogens is 1. The zero-order valence-corrected chi connectivity index (χ0v) is 18.7. The first kappa shape index (κ1) is 21.2. The largest absolute Gasteiger partial charge is 0.488 e. The predicted octanol–water partition coefficient (Wildman–Crippen LogP) is 5.86. The van der Waals surface area contributed by atoms with Crippen LogP contribution in [0.25, 0.3) is 6.08 Å². The number of thioether (sulfide) groups is 1. The second kappa shape index (κ2) is 9.37. The van der Waals surface area contributed by atoms with Crippen LogP contribution in [0, 0.1) is 6.92 Å². The molecular weight excluding hydrogens is 430 g/mol. The summed E-state index contributed by atoms with van der Waals surface area (Å²) in [5.74, 6) is 1.17. The summed E-state index contributed by atoms with van der Waals surface area (Å²) in [7, 11) is 1.72. The number of halogens is 1. The van der Waals surface area contributed by atoms with Crippen LogP contribution in [0.2, 0.25) is 5.02 Å². The summed E-state index contributed by atoms with van der Waals surface area (Å²) in [6.45, 7) is 2.32. The average Bonchev–Trinajstić information content (AvgIpc) is 3.02. The van der Waals surface area contributed by atoms with E-state index in [0.29, 0.717) is 33.3 Å². The smallest absolute Gasteiger partial charge is 0.266 e. The third-order valence-corrected chi connectivity index (χ3v) is 5.91. The van der Waals surface area contributed by atoms with Gasteiger partial charge in [0.05, 0.1) is 4.91 Å². The van der Waals surface area contributed by atoms with E-state index in [9.17, 15) is 4.79 Å². The van der Waals surface area contributed by atoms with Gasteiger partial charge in [-0.1, -0.05) is 48.0 Å². The molecule has 0 bridgehead atoms. The lowest BCUT2D eigenvalue weighted by atomic mass is 10.2. The lowest BCUT2D eigenvalue weighted by Gasteiger charge is -2.10. The average molecular weight is 450 g/mol. The van der Waals surface area contributed by atoms with E-state index in [1.165, 1.54) is 16.7 Å². The van der Waals surface area contributed by atoms with E-state index in [4.69, 9.17) is 16.3 Å². The highest BCUT2D eigenvalue weighted by Gasteiger charge is 2.30. The number of aliphatic imine (C=N–C) groups is 1. The van der Waals surface area contributed by atoms with Crippen LogP contribution in [0.1, 0.15) is 16.8 Å². The van der Waals surface area contributed by atoms with Gasteiger partial charge < -0.3 is 4.74 Å². The van der Waals surface area contributed by atoms with Gasteiger partial charge in [0.15, 0.2) is 11.0 Å². The Morgan fingerprint density at radius 1 is 1.10 bits per heavy atom. The molecule has 0 aliphatic carbocycles. The standard InChI is InChI=1S/C24H20ClN3O2S/c1-16-6-5-9-22(26-16)27-24-28(2)23(29)21(31-24)14-18-7-3-4-8-20(18)30-15-17-10-12-19(25)13-11-17/h3-14H,15H2,1-2H3/b21-14-,27-24+. The number of hydrogen-bond acceptors (Lipinski definition) is 5. The van der Waals surface area contributed by atoms with Crippen LogP contribution >= 0.6 is 23.4 Å². The molecule has 0 atom stereocenters. The van der Waals surface area contributed by atoms with Crippen LogP contribution in [-0.4, -0.2) is 28.0 Å². The summed E-state index contributed by atoms with van der Waals surface area (Å²) in [5, 5.41) is 1.28. The third-order valence-electron chi connectivity index (χ3n) is 4.60. The molecule has 4 rings (SSSR count). The molecule has 0 N–H and O–H groups in total. The van der Waals surface area contributed by atoms with Gasteiger partial charge in [0.25, 0.3) is 5.91 Å². The number of carbonyl (C=O) groups is 1. The van der Waals surface area contributed by atoms with Crippen LogP contribution in [0.15, 0.2) is 76.6 Å². The van der Waals surface area contributed by atoms with Crippen molar-refractivity contribution in [1.82, 2.24) is 9.88 Å². The first-order valence-electron chi connectivity index (χ1n) is 9.66. The van der Waals surface area contributed by atoms with Crippen molar-refractivity contribution in [2.24, 2.45) is 4.99 Å². The number of amidine groups is 1. The van der Waals surface area contributed by atoms with Crippen molar-refractivity contribution in [1.29, 1.82) is 0 Å². The fraction of sp³-hybridized carbons (Fsp3) is 0.125. The summed E-state index contributed by atoms with van der Waals surface area (Å²) in [5.41, 5.74) is 2.72. The zero-order chi connectivity index (χ0) is 21.8. The lowest BCUT2D eigenvalue weighted by molar-refractivity contribution is -0.121. The van der Waals surface area contributed by atoms with E-state index in [2.05, 4.69) is 9.98 Å². The molecular formula is C24H20ClN3O2S. The van der Waals surface area contributed by atoms with E-state index < -0.39 is 0 Å². The number of ether oxygens (including phenoxy) is 1. The van der Waals surface area contributed by atoms with E-state index >= 15 is 0 Å². The van der Waals surface area contributed by atoms with Gasteiger partial charge in [-0.15, -0.1) is 0 Å². The SMILES string of the molecule is Cc1cccc(/N=C2/S/C(=C\c3ccccc3OCc3ccc(Cl)cc3)C(=O)N2C)n1. The second-order valence-electron chi connectivity index (χ2n) is 6.96. The number of rotatable bonds is 5. The Kier molecular flexibility index (Phi) is 6.39. The van der Waals surface area contributed by atoms with Gasteiger partial charge in [-0.3, -0.25) is 9.69 Å². The van der Waals surface area contributed by atoms with Gasteiger partial charge in [-0.05, 0) is 60.7 Å². The highest BCUT2D eigenvalue weighted by molar-refractivity contribution is 8.18. The Hall–Kier alpha value is -3.09. The Morgan fingerprint density at radius 2 is 1.87 bits per heavy atom. The topological polar surface area (TPSA) is 54.8 Å². The van der Waals surface area contributed by atoms with Crippen LogP contribution in [-0.2, 0) is 11.4 Å². The van der Waals surface area contributed by atoms with Crippen molar-refractivity contribution in [3.05, 3.63) is 93.5 Å². The number of nitrogens with zero attached hydrogens (tertiary/aromatic N) is 3. The molecule has 1 aliphatic rings. The quantitative estimate of drug-likeness (QED) is 0.458. The second-order valence-corrected chi connectivity index (χ2v) is 8.40. The molecule has 2 aromatic carbocycles. The van der Waals surface area contributed by atoms with Crippen molar-refractivity contribution in [3.63, 3.8) is 0 Å². The number of pyridine rings is 1. The van der Waals surface area contributed by atoms with Crippen molar-refractivity contribution < 1.29 is 9.53 Å². The minimum absolute atomic E-state index is 0.107. The fourth-order valence-corrected chi connectivity index (χ4v) is 4.05. The molecule has 7 heteroatoms. The molecule has 0 spiro atoms. The number of likely N-dealkylation sites (N-methyl/N-ethyl adjacent to an activating group) is 1. The highest BCUT2D eigenvalue weighted by atomic mass is 35.5. The van der Waals surface area contributed by atoms with E-state index in [0.717, 1.165) is 16.8 Å². The maximum Gasteiger partial charge on any atom is 0.266 e. The first-order valence-corrected chi connectivity index (χ1v) is 10.9. The Labute approximate surface area is 190 Å². The maximum atomic E-state index is 12.8. The summed E-state index contributed by atoms with van der Waals surface area (Å²) in [6, 6.07) is 20.8. The lowest BCUT2D eigenvalue weighted by Crippen LogP contribution is -2.23. The van der Waals surface area contributed by atoms with Crippen molar-refractivity contribution in [2.75, 3.05) is 7.05 Å². The van der Waals surface area contributed by atoms with Gasteiger partial charge in [0.2, 0.25) is 0 Å². The van der Waals surface area contributed by atoms with Crippen molar-refractivity contribution >= 4 is 46.3 Å². The third kappa shape index (κ3) is 5.16. The minimum atomic E-state index is -0.107. The van der Waals surface area contributed by atoms with Crippen molar-refractivity contribution in [3.8, 4) is 5.75 Å². The van der Waals surface area contributed by atoms with Crippen LogP contribution < -0.4 is 4.74 Å². The number of benzene rings is 2. The predicted molar refractivity (Wildman–Crippen MR) is 127 cm³/mol. The molecule has 31 heavy (non-hydrogen) atoms. The Bertz CT molecular complexity index is 1180. The normalized spacial score (nSPS) is 16.4. The number of amides is 1. The molecule has 3 aromatic rings. The van der Waals surface area contributed by atoms with Crippen molar-refractivity contribution in [2.45, 2.75) is 13.5 Å². The van der Waals surface area contributed by atoms with Gasteiger partial charge >= 0.3 is 0 Å². The first-order chi connectivity index (χ1) is 15.0. The molecule has 1 fully saturated rings. The summed E-state index contributed by atoms with van der Waals surface area (Å²) in [6.07, 6.45) is 1.84. The summed E-state index contributed by atoms with van der Waals surface area (Å²) in [4.78, 5) is 23.8. The van der Waals surface area contributed by atoms with Crippen LogP contribution in [0.5, 0.6) is 5.75 Å². The molecule has 1 aromatic heterocycles. The summed E-state index contributed by atoms with van der Waals surface area (Å²) < 4.78 is 6.01. The number of aryl methyl sites for hydroxylation is 1.